The zero-order valence-electron chi connectivity index (χ0n) is 37.5. The molecule has 4 heterocycles. The molecule has 0 unspecified atom stereocenters. The monoisotopic (exact) mass is 882 g/mol. The average molecular weight is 883 g/mol. The van der Waals surface area contributed by atoms with Gasteiger partial charge in [-0.25, -0.2) is 18.3 Å². The van der Waals surface area contributed by atoms with Crippen molar-refractivity contribution in [3.05, 3.63) is 121 Å². The van der Waals surface area contributed by atoms with Crippen LogP contribution in [0.15, 0.2) is 59.4 Å². The number of aryl methyl sites for hydroxylation is 1. The number of ether oxygens (including phenoxy) is 1. The van der Waals surface area contributed by atoms with E-state index < -0.39 is 28.9 Å². The molecular formula is C50H61F3N6O5. The number of carbonyl (C=O) groups excluding carboxylic acids is 3. The maximum absolute atomic E-state index is 15.1. The second kappa shape index (κ2) is 23.0. The van der Waals surface area contributed by atoms with Gasteiger partial charge in [0.25, 0.3) is 11.5 Å². The van der Waals surface area contributed by atoms with E-state index in [9.17, 15) is 23.6 Å². The molecule has 0 atom stereocenters. The third kappa shape index (κ3) is 12.2. The molecule has 0 spiro atoms. The number of aromatic nitrogens is 2. The average Bonchev–Trinajstić information content (AvgIpc) is 3.32. The van der Waals surface area contributed by atoms with Crippen LogP contribution in [0.5, 0.6) is 0 Å². The van der Waals surface area contributed by atoms with Crippen LogP contribution in [-0.2, 0) is 22.4 Å². The van der Waals surface area contributed by atoms with Crippen LogP contribution >= 0.6 is 0 Å². The summed E-state index contributed by atoms with van der Waals surface area (Å²) in [5, 5.41) is 8.06. The summed E-state index contributed by atoms with van der Waals surface area (Å²) in [4.78, 5) is 56.3. The van der Waals surface area contributed by atoms with Gasteiger partial charge in [0, 0.05) is 69.2 Å². The highest BCUT2D eigenvalue weighted by Gasteiger charge is 2.31. The molecule has 3 aromatic carbocycles. The minimum atomic E-state index is -0.830. The first-order valence-corrected chi connectivity index (χ1v) is 22.7. The Labute approximate surface area is 373 Å². The summed E-state index contributed by atoms with van der Waals surface area (Å²) in [6.45, 7) is 12.4. The number of likely N-dealkylation sites (tertiary alicyclic amines) is 2. The fraction of sp³-hybridized carbons (Fsp3) is 0.460. The summed E-state index contributed by atoms with van der Waals surface area (Å²) >= 11 is 0. The van der Waals surface area contributed by atoms with Crippen molar-refractivity contribution in [1.29, 1.82) is 0 Å². The molecular weight excluding hydrogens is 822 g/mol. The number of piperidine rings is 2. The highest BCUT2D eigenvalue weighted by atomic mass is 19.1. The Kier molecular flexibility index (Phi) is 17.2. The number of carbonyl (C=O) groups is 3. The van der Waals surface area contributed by atoms with E-state index in [1.807, 2.05) is 62.1 Å². The predicted molar refractivity (Wildman–Crippen MR) is 243 cm³/mol. The summed E-state index contributed by atoms with van der Waals surface area (Å²) in [6, 6.07) is 14.5. The quantitative estimate of drug-likeness (QED) is 0.201. The van der Waals surface area contributed by atoms with Crippen LogP contribution < -0.4 is 16.0 Å². The van der Waals surface area contributed by atoms with Gasteiger partial charge in [-0.2, -0.15) is 5.10 Å². The summed E-state index contributed by atoms with van der Waals surface area (Å²) in [6.07, 6.45) is 10.5. The first kappa shape index (κ1) is 48.0. The number of amides is 2. The highest BCUT2D eigenvalue weighted by molar-refractivity contribution is 5.95. The molecule has 2 amide bonds. The number of benzene rings is 3. The number of aromatic amines is 1. The molecule has 14 heteroatoms. The number of nitrogens with zero attached hydrogens (tertiary/aromatic N) is 5. The number of halogens is 3. The lowest BCUT2D eigenvalue weighted by Crippen LogP contribution is -2.51. The number of likely N-dealkylation sites (N-methyl/N-ethyl adjacent to an activating group) is 1. The summed E-state index contributed by atoms with van der Waals surface area (Å²) in [7, 11) is 2.08. The molecule has 1 aromatic heterocycles. The van der Waals surface area contributed by atoms with Gasteiger partial charge in [0.1, 0.15) is 23.0 Å². The number of rotatable bonds is 10. The van der Waals surface area contributed by atoms with E-state index in [4.69, 9.17) is 4.74 Å². The topological polar surface area (TPSA) is 119 Å². The minimum absolute atomic E-state index is 0.0190. The molecule has 4 aliphatic rings. The lowest BCUT2D eigenvalue weighted by molar-refractivity contribution is -0.135. The Morgan fingerprint density at radius 3 is 2.05 bits per heavy atom. The third-order valence-corrected chi connectivity index (χ3v) is 12.3. The van der Waals surface area contributed by atoms with Crippen LogP contribution in [0.2, 0.25) is 0 Å². The van der Waals surface area contributed by atoms with Crippen LogP contribution in [0, 0.1) is 17.5 Å². The first-order valence-electron chi connectivity index (χ1n) is 22.7. The number of H-pyrrole nitrogens is 1. The Bertz CT molecular complexity index is 2410. The third-order valence-electron chi connectivity index (χ3n) is 12.3. The normalized spacial score (nSPS) is 17.2. The van der Waals surface area contributed by atoms with Gasteiger partial charge in [-0.1, -0.05) is 63.3 Å². The first-order chi connectivity index (χ1) is 31.0. The number of fused-ring (bicyclic) bond motifs is 1. The molecule has 342 valence electrons. The number of hydrogen-bond donors (Lipinski definition) is 1. The fourth-order valence-electron chi connectivity index (χ4n) is 8.61. The largest absolute Gasteiger partial charge is 0.375 e. The van der Waals surface area contributed by atoms with Crippen molar-refractivity contribution in [3.63, 3.8) is 0 Å². The molecule has 0 bridgehead atoms. The SMILES string of the molecule is CC.CCc1cccc(-c2cc(F)c(C(=O)N3CCC(OC4CCN(CC(=O)N5CCN(C)CC5)CC4)CC3)c(F)c2)c1.O=Cc1cc(Cc2n[nH]c(=O)c3c2=CCCC=3)ccc1F. The molecule has 8 rings (SSSR count). The van der Waals surface area contributed by atoms with E-state index in [2.05, 4.69) is 27.0 Å². The van der Waals surface area contributed by atoms with Gasteiger partial charge in [-0.3, -0.25) is 24.1 Å². The maximum atomic E-state index is 15.1. The summed E-state index contributed by atoms with van der Waals surface area (Å²) in [5.41, 5.74) is 3.08. The van der Waals surface area contributed by atoms with Gasteiger partial charge in [0.2, 0.25) is 5.91 Å². The van der Waals surface area contributed by atoms with Crippen LogP contribution in [0.1, 0.15) is 96.8 Å². The fourth-order valence-corrected chi connectivity index (χ4v) is 8.61. The van der Waals surface area contributed by atoms with E-state index in [0.717, 1.165) is 99.0 Å². The van der Waals surface area contributed by atoms with Crippen molar-refractivity contribution < 1.29 is 32.3 Å². The molecule has 0 saturated carbocycles. The van der Waals surface area contributed by atoms with Crippen molar-refractivity contribution in [3.8, 4) is 11.1 Å². The second-order valence-corrected chi connectivity index (χ2v) is 16.6. The minimum Gasteiger partial charge on any atom is -0.375 e. The van der Waals surface area contributed by atoms with Crippen LogP contribution in [0.4, 0.5) is 13.2 Å². The van der Waals surface area contributed by atoms with Gasteiger partial charge in [-0.05, 0) is 98.5 Å². The van der Waals surface area contributed by atoms with Crippen molar-refractivity contribution >= 4 is 30.3 Å². The Hall–Kier alpha value is -5.44. The molecule has 1 aliphatic carbocycles. The molecule has 3 fully saturated rings. The molecule has 4 aromatic rings. The van der Waals surface area contributed by atoms with Crippen molar-refractivity contribution in [2.45, 2.75) is 84.3 Å². The van der Waals surface area contributed by atoms with E-state index in [1.54, 1.807) is 6.07 Å². The smallest absolute Gasteiger partial charge is 0.271 e. The molecule has 0 radical (unpaired) electrons. The zero-order chi connectivity index (χ0) is 45.8. The highest BCUT2D eigenvalue weighted by Crippen LogP contribution is 2.28. The molecule has 11 nitrogen and oxygen atoms in total. The lowest BCUT2D eigenvalue weighted by Gasteiger charge is -2.38. The van der Waals surface area contributed by atoms with Crippen molar-refractivity contribution in [2.24, 2.45) is 0 Å². The van der Waals surface area contributed by atoms with Crippen LogP contribution in [0.3, 0.4) is 0 Å². The number of aldehydes is 1. The molecule has 3 aliphatic heterocycles. The standard InChI is InChI=1S/C32H42F2N4O3.C16H13FN2O2.C2H6/c1-3-23-5-4-6-24(19-23)25-20-28(33)31(29(34)21-25)32(40)38-13-9-27(10-14-38)41-26-7-11-36(12-8-26)22-30(39)37-17-15-35(2)16-18-37;17-14-6-5-10(7-11(14)9-20)8-15-12-3-1-2-4-13(12)16(21)19-18-15;1-2/h4-6,19-21,26-27H,3,7-18,22H2,1-2H3;3-7,9H,1-2,8H2,(H,19,21);1-2H3. The van der Waals surface area contributed by atoms with Crippen LogP contribution in [0.25, 0.3) is 23.3 Å². The van der Waals surface area contributed by atoms with E-state index >= 15 is 8.78 Å². The van der Waals surface area contributed by atoms with Crippen molar-refractivity contribution in [1.82, 2.24) is 29.8 Å². The van der Waals surface area contributed by atoms with Crippen molar-refractivity contribution in [2.75, 3.05) is 66.0 Å². The molecule has 1 N–H and O–H groups in total. The summed E-state index contributed by atoms with van der Waals surface area (Å²) in [5.74, 6) is -2.59. The predicted octanol–water partition coefficient (Wildman–Crippen LogP) is 5.75. The number of hydrogen-bond acceptors (Lipinski definition) is 8. The Morgan fingerprint density at radius 2 is 1.41 bits per heavy atom. The second-order valence-electron chi connectivity index (χ2n) is 16.6. The van der Waals surface area contributed by atoms with E-state index in [0.29, 0.717) is 56.0 Å². The van der Waals surface area contributed by atoms with Gasteiger partial charge in [0.05, 0.1) is 30.0 Å². The molecule has 64 heavy (non-hydrogen) atoms. The summed E-state index contributed by atoms with van der Waals surface area (Å²) < 4.78 is 49.8. The molecule has 3 saturated heterocycles. The van der Waals surface area contributed by atoms with Gasteiger partial charge in [0.15, 0.2) is 6.29 Å². The number of nitrogens with one attached hydrogen (secondary N) is 1. The Balaban J connectivity index is 0.000000247. The van der Waals surface area contributed by atoms with Gasteiger partial charge >= 0.3 is 0 Å². The van der Waals surface area contributed by atoms with Gasteiger partial charge < -0.3 is 19.4 Å². The Morgan fingerprint density at radius 1 is 0.766 bits per heavy atom. The van der Waals surface area contributed by atoms with E-state index in [1.165, 1.54) is 29.2 Å². The van der Waals surface area contributed by atoms with E-state index in [-0.39, 0.29) is 29.2 Å². The maximum Gasteiger partial charge on any atom is 0.271 e. The zero-order valence-corrected chi connectivity index (χ0v) is 37.5. The van der Waals surface area contributed by atoms with Gasteiger partial charge in [-0.15, -0.1) is 0 Å². The van der Waals surface area contributed by atoms with Crippen LogP contribution in [-0.4, -0.2) is 126 Å². The number of piperazine rings is 1. The lowest BCUT2D eigenvalue weighted by atomic mass is 9.99.